The van der Waals surface area contributed by atoms with Crippen molar-refractivity contribution in [2.45, 2.75) is 25.9 Å². The van der Waals surface area contributed by atoms with E-state index < -0.39 is 11.4 Å². The van der Waals surface area contributed by atoms with Crippen LogP contribution in [-0.4, -0.2) is 21.9 Å². The fourth-order valence-corrected chi connectivity index (χ4v) is 3.40. The molecule has 1 aliphatic heterocycles. The predicted molar refractivity (Wildman–Crippen MR) is 85.4 cm³/mol. The van der Waals surface area contributed by atoms with Crippen molar-refractivity contribution in [3.8, 4) is 11.1 Å². The van der Waals surface area contributed by atoms with Gasteiger partial charge in [0.1, 0.15) is 5.41 Å². The van der Waals surface area contributed by atoms with Crippen molar-refractivity contribution in [3.63, 3.8) is 0 Å². The highest BCUT2D eigenvalue weighted by molar-refractivity contribution is 6.05. The first kappa shape index (κ1) is 14.0. The molecule has 1 heterocycles. The Hall–Kier alpha value is -2.62. The molecule has 2 aromatic rings. The zero-order chi connectivity index (χ0) is 16.0. The Bertz CT molecular complexity index is 760. The predicted octanol–water partition coefficient (Wildman–Crippen LogP) is 3.06. The summed E-state index contributed by atoms with van der Waals surface area (Å²) in [6.07, 6.45) is 0.891. The number of carbonyl (C=O) groups excluding carboxylic acids is 1. The highest BCUT2D eigenvalue weighted by Gasteiger charge is 2.58. The van der Waals surface area contributed by atoms with Gasteiger partial charge in [0.25, 0.3) is 0 Å². The van der Waals surface area contributed by atoms with Crippen molar-refractivity contribution in [2.24, 2.45) is 5.41 Å². The van der Waals surface area contributed by atoms with E-state index in [1.54, 1.807) is 4.90 Å². The highest BCUT2D eigenvalue weighted by Crippen LogP contribution is 2.48. The maximum atomic E-state index is 12.8. The molecule has 1 saturated carbocycles. The maximum absolute atomic E-state index is 12.8. The number of hydrogen-bond donors (Lipinski definition) is 1. The summed E-state index contributed by atoms with van der Waals surface area (Å²) in [5, 5.41) is 9.42. The summed E-state index contributed by atoms with van der Waals surface area (Å²) in [5.74, 6) is -1.25. The molecule has 1 fully saturated rings. The molecule has 0 aromatic heterocycles. The van der Waals surface area contributed by atoms with Crippen molar-refractivity contribution < 1.29 is 14.7 Å². The fraction of sp³-hybridized carbons (Fsp3) is 0.263. The van der Waals surface area contributed by atoms with Crippen LogP contribution in [0.2, 0.25) is 0 Å². The molecule has 23 heavy (non-hydrogen) atoms. The van der Waals surface area contributed by atoms with E-state index in [-0.39, 0.29) is 5.91 Å². The lowest BCUT2D eigenvalue weighted by molar-refractivity contribution is -0.154. The van der Waals surface area contributed by atoms with E-state index in [1.165, 1.54) is 0 Å². The topological polar surface area (TPSA) is 57.6 Å². The van der Waals surface area contributed by atoms with Crippen LogP contribution in [0.1, 0.15) is 24.0 Å². The monoisotopic (exact) mass is 307 g/mol. The Labute approximate surface area is 134 Å². The van der Waals surface area contributed by atoms with Gasteiger partial charge < -0.3 is 10.0 Å². The van der Waals surface area contributed by atoms with E-state index in [2.05, 4.69) is 12.1 Å². The number of benzene rings is 2. The third-order valence-electron chi connectivity index (χ3n) is 4.90. The zero-order valence-electron chi connectivity index (χ0n) is 12.7. The highest BCUT2D eigenvalue weighted by atomic mass is 16.4. The Morgan fingerprint density at radius 2 is 1.35 bits per heavy atom. The average molecular weight is 307 g/mol. The second-order valence-electron chi connectivity index (χ2n) is 6.36. The smallest absolute Gasteiger partial charge is 0.319 e. The van der Waals surface area contributed by atoms with Gasteiger partial charge in [0.05, 0.1) is 0 Å². The molecule has 1 amide bonds. The first-order valence-electron chi connectivity index (χ1n) is 7.81. The van der Waals surface area contributed by atoms with Crippen LogP contribution in [0.25, 0.3) is 11.1 Å². The van der Waals surface area contributed by atoms with Gasteiger partial charge in [0, 0.05) is 13.1 Å². The molecular formula is C19H17NO3. The van der Waals surface area contributed by atoms with Gasteiger partial charge in [-0.3, -0.25) is 9.59 Å². The molecule has 0 spiro atoms. The number of fused-ring (bicyclic) bond motifs is 3. The van der Waals surface area contributed by atoms with Crippen molar-refractivity contribution >= 4 is 11.9 Å². The Kier molecular flexibility index (Phi) is 3.01. The summed E-state index contributed by atoms with van der Waals surface area (Å²) in [6, 6.07) is 16.0. The lowest BCUT2D eigenvalue weighted by Gasteiger charge is -2.24. The van der Waals surface area contributed by atoms with Crippen LogP contribution in [0, 0.1) is 5.41 Å². The summed E-state index contributed by atoms with van der Waals surface area (Å²) in [4.78, 5) is 26.0. The third kappa shape index (κ3) is 2.13. The maximum Gasteiger partial charge on any atom is 0.319 e. The molecule has 0 bridgehead atoms. The lowest BCUT2D eigenvalue weighted by atomic mass is 9.97. The summed E-state index contributed by atoms with van der Waals surface area (Å²) < 4.78 is 0. The number of nitrogens with zero attached hydrogens (tertiary/aromatic N) is 1. The van der Waals surface area contributed by atoms with Crippen LogP contribution in [0.5, 0.6) is 0 Å². The van der Waals surface area contributed by atoms with E-state index in [4.69, 9.17) is 0 Å². The van der Waals surface area contributed by atoms with Gasteiger partial charge in [-0.1, -0.05) is 48.5 Å². The van der Waals surface area contributed by atoms with Gasteiger partial charge in [-0.05, 0) is 35.1 Å². The standard InChI is InChI=1S/C19H17NO3/c21-17(19(9-10-19)18(22)23)20-11-13-5-1-3-7-15(13)16-8-4-2-6-14(16)12-20/h1-8H,9-12H2,(H,22,23). The Morgan fingerprint density at radius 1 is 0.870 bits per heavy atom. The van der Waals surface area contributed by atoms with Crippen molar-refractivity contribution in [2.75, 3.05) is 0 Å². The molecule has 4 nitrogen and oxygen atoms in total. The summed E-state index contributed by atoms with van der Waals surface area (Å²) >= 11 is 0. The van der Waals surface area contributed by atoms with Gasteiger partial charge in [-0.2, -0.15) is 0 Å². The number of rotatable bonds is 2. The van der Waals surface area contributed by atoms with E-state index in [1.807, 2.05) is 36.4 Å². The first-order valence-corrected chi connectivity index (χ1v) is 7.81. The minimum atomic E-state index is -1.19. The second-order valence-corrected chi connectivity index (χ2v) is 6.36. The van der Waals surface area contributed by atoms with Crippen LogP contribution >= 0.6 is 0 Å². The molecule has 4 heteroatoms. The molecule has 0 atom stereocenters. The minimum Gasteiger partial charge on any atom is -0.480 e. The van der Waals surface area contributed by atoms with Gasteiger partial charge >= 0.3 is 5.97 Å². The van der Waals surface area contributed by atoms with Crippen LogP contribution in [0.3, 0.4) is 0 Å². The molecule has 2 aliphatic rings. The Balaban J connectivity index is 1.79. The van der Waals surface area contributed by atoms with Gasteiger partial charge in [-0.25, -0.2) is 0 Å². The van der Waals surface area contributed by atoms with Crippen molar-refractivity contribution in [1.82, 2.24) is 4.90 Å². The number of carbonyl (C=O) groups is 2. The van der Waals surface area contributed by atoms with Crippen LogP contribution in [-0.2, 0) is 22.7 Å². The molecule has 2 aromatic carbocycles. The molecule has 1 N–H and O–H groups in total. The van der Waals surface area contributed by atoms with E-state index in [0.29, 0.717) is 25.9 Å². The van der Waals surface area contributed by atoms with E-state index in [9.17, 15) is 14.7 Å². The third-order valence-corrected chi connectivity index (χ3v) is 4.90. The molecular weight excluding hydrogens is 290 g/mol. The first-order chi connectivity index (χ1) is 11.1. The van der Waals surface area contributed by atoms with Crippen molar-refractivity contribution in [1.29, 1.82) is 0 Å². The molecule has 0 saturated heterocycles. The quantitative estimate of drug-likeness (QED) is 0.868. The van der Waals surface area contributed by atoms with Gasteiger partial charge in [0.2, 0.25) is 5.91 Å². The molecule has 0 radical (unpaired) electrons. The molecule has 1 aliphatic carbocycles. The zero-order valence-corrected chi connectivity index (χ0v) is 12.7. The average Bonchev–Trinajstić information content (AvgIpc) is 3.37. The molecule has 0 unspecified atom stereocenters. The van der Waals surface area contributed by atoms with Crippen LogP contribution in [0.4, 0.5) is 0 Å². The fourth-order valence-electron chi connectivity index (χ4n) is 3.40. The van der Waals surface area contributed by atoms with Crippen LogP contribution in [0.15, 0.2) is 48.5 Å². The summed E-state index contributed by atoms with van der Waals surface area (Å²) in [5.41, 5.74) is 3.19. The van der Waals surface area contributed by atoms with Crippen LogP contribution < -0.4 is 0 Å². The normalized spacial score (nSPS) is 17.7. The number of carboxylic acids is 1. The van der Waals surface area contributed by atoms with Gasteiger partial charge in [0.15, 0.2) is 0 Å². The van der Waals surface area contributed by atoms with E-state index in [0.717, 1.165) is 22.3 Å². The largest absolute Gasteiger partial charge is 0.480 e. The van der Waals surface area contributed by atoms with Gasteiger partial charge in [-0.15, -0.1) is 0 Å². The number of amides is 1. The Morgan fingerprint density at radius 3 is 1.78 bits per heavy atom. The lowest BCUT2D eigenvalue weighted by Crippen LogP contribution is -2.39. The van der Waals surface area contributed by atoms with Crippen molar-refractivity contribution in [3.05, 3.63) is 59.7 Å². The molecule has 4 rings (SSSR count). The summed E-state index contributed by atoms with van der Waals surface area (Å²) in [7, 11) is 0. The molecule has 116 valence electrons. The summed E-state index contributed by atoms with van der Waals surface area (Å²) in [6.45, 7) is 0.914. The SMILES string of the molecule is O=C(O)C1(C(=O)N2Cc3ccccc3-c3ccccc3C2)CC1. The number of aliphatic carboxylic acids is 1. The van der Waals surface area contributed by atoms with E-state index >= 15 is 0 Å². The number of carboxylic acid groups (broad SMARTS) is 1. The number of hydrogen-bond acceptors (Lipinski definition) is 2. The minimum absolute atomic E-state index is 0.253. The second kappa shape index (κ2) is 4.95.